The molecule has 0 radical (unpaired) electrons. The predicted octanol–water partition coefficient (Wildman–Crippen LogP) is 2.40. The molecule has 0 saturated carbocycles. The number of thiophene rings is 1. The molecular formula is C17H14N2O5S2. The van der Waals surface area contributed by atoms with E-state index < -0.39 is 22.7 Å². The average Bonchev–Trinajstić information content (AvgIpc) is 2.98. The van der Waals surface area contributed by atoms with Gasteiger partial charge in [-0.2, -0.15) is 0 Å². The number of nitrogens with one attached hydrogen (secondary N) is 1. The number of H-pyrrole nitrogens is 1. The van der Waals surface area contributed by atoms with Gasteiger partial charge in [-0.05, 0) is 5.56 Å². The number of hydrogen-bond donors (Lipinski definition) is 3. The van der Waals surface area contributed by atoms with Gasteiger partial charge in [0.1, 0.15) is 11.0 Å². The molecule has 1 amide bonds. The van der Waals surface area contributed by atoms with E-state index >= 15 is 0 Å². The van der Waals surface area contributed by atoms with Crippen LogP contribution < -0.4 is 11.3 Å². The highest BCUT2D eigenvalue weighted by molar-refractivity contribution is 8.02. The number of carbonyl (C=O) groups is 2. The van der Waals surface area contributed by atoms with E-state index in [2.05, 4.69) is 4.98 Å². The summed E-state index contributed by atoms with van der Waals surface area (Å²) in [5.41, 5.74) is 5.84. The van der Waals surface area contributed by atoms with Crippen molar-refractivity contribution in [3.05, 3.63) is 57.9 Å². The van der Waals surface area contributed by atoms with Crippen LogP contribution in [0, 0.1) is 0 Å². The first kappa shape index (κ1) is 18.0. The smallest absolute Gasteiger partial charge is 0.323 e. The van der Waals surface area contributed by atoms with Crippen LogP contribution in [-0.2, 0) is 9.53 Å². The Morgan fingerprint density at radius 1 is 1.31 bits per heavy atom. The van der Waals surface area contributed by atoms with Gasteiger partial charge in [-0.25, -0.2) is 0 Å². The van der Waals surface area contributed by atoms with Crippen LogP contribution in [0.3, 0.4) is 0 Å². The van der Waals surface area contributed by atoms with Gasteiger partial charge in [0.05, 0.1) is 27.1 Å². The number of thioether (sulfide) groups is 1. The van der Waals surface area contributed by atoms with Gasteiger partial charge in [0, 0.05) is 6.07 Å². The van der Waals surface area contributed by atoms with E-state index in [-0.39, 0.29) is 16.8 Å². The third kappa shape index (κ3) is 3.31. The number of aromatic nitrogens is 1. The number of aromatic hydroxyl groups is 1. The summed E-state index contributed by atoms with van der Waals surface area (Å²) in [6.07, 6.45) is 0. The van der Waals surface area contributed by atoms with Crippen LogP contribution in [0.1, 0.15) is 21.2 Å². The first-order valence-corrected chi connectivity index (χ1v) is 9.10. The van der Waals surface area contributed by atoms with Crippen molar-refractivity contribution in [1.82, 2.24) is 4.98 Å². The molecule has 7 nitrogen and oxygen atoms in total. The molecule has 1 unspecified atom stereocenters. The van der Waals surface area contributed by atoms with Crippen LogP contribution in [-0.4, -0.2) is 29.1 Å². The van der Waals surface area contributed by atoms with Gasteiger partial charge >= 0.3 is 5.97 Å². The van der Waals surface area contributed by atoms with Crippen LogP contribution >= 0.6 is 23.1 Å². The molecule has 0 saturated heterocycles. The summed E-state index contributed by atoms with van der Waals surface area (Å²) >= 11 is 2.15. The Labute approximate surface area is 155 Å². The van der Waals surface area contributed by atoms with Gasteiger partial charge in [0.2, 0.25) is 0 Å². The number of pyridine rings is 1. The van der Waals surface area contributed by atoms with Crippen molar-refractivity contribution >= 4 is 45.2 Å². The Balaban J connectivity index is 2.16. The fourth-order valence-corrected chi connectivity index (χ4v) is 5.12. The second-order valence-electron chi connectivity index (χ2n) is 5.28. The second-order valence-corrected chi connectivity index (χ2v) is 7.68. The number of carbonyl (C=O) groups excluding carboxylic acids is 2. The lowest BCUT2D eigenvalue weighted by atomic mass is 10.1. The second kappa shape index (κ2) is 7.22. The molecule has 2 heterocycles. The molecule has 1 atom stereocenters. The Bertz CT molecular complexity index is 1040. The van der Waals surface area contributed by atoms with E-state index in [1.807, 2.05) is 6.07 Å². The zero-order chi connectivity index (χ0) is 18.8. The van der Waals surface area contributed by atoms with Crippen molar-refractivity contribution in [2.75, 3.05) is 7.11 Å². The lowest BCUT2D eigenvalue weighted by Crippen LogP contribution is -2.15. The molecule has 1 aromatic carbocycles. The fraction of sp³-hybridized carbons (Fsp3) is 0.118. The van der Waals surface area contributed by atoms with E-state index in [4.69, 9.17) is 10.5 Å². The van der Waals surface area contributed by atoms with Crippen molar-refractivity contribution in [2.45, 2.75) is 9.46 Å². The number of esters is 1. The lowest BCUT2D eigenvalue weighted by molar-refractivity contribution is -0.140. The fourth-order valence-electron chi connectivity index (χ4n) is 2.46. The Kier molecular flexibility index (Phi) is 5.01. The number of nitrogens with two attached hydrogens (primary N) is 1. The Hall–Kier alpha value is -2.78. The highest BCUT2D eigenvalue weighted by Crippen LogP contribution is 2.45. The number of amides is 1. The zero-order valence-electron chi connectivity index (χ0n) is 13.5. The third-order valence-electron chi connectivity index (χ3n) is 3.61. The van der Waals surface area contributed by atoms with Crippen LogP contribution in [0.25, 0.3) is 10.2 Å². The van der Waals surface area contributed by atoms with Gasteiger partial charge in [-0.1, -0.05) is 42.1 Å². The maximum Gasteiger partial charge on any atom is 0.323 e. The lowest BCUT2D eigenvalue weighted by Gasteiger charge is -2.14. The molecule has 4 N–H and O–H groups in total. The molecule has 134 valence electrons. The molecule has 3 aromatic rings. The van der Waals surface area contributed by atoms with Crippen molar-refractivity contribution in [3.8, 4) is 5.75 Å². The molecule has 3 rings (SSSR count). The van der Waals surface area contributed by atoms with Gasteiger partial charge in [0.15, 0.2) is 0 Å². The highest BCUT2D eigenvalue weighted by atomic mass is 32.2. The van der Waals surface area contributed by atoms with Crippen molar-refractivity contribution in [3.63, 3.8) is 0 Å². The van der Waals surface area contributed by atoms with Crippen molar-refractivity contribution < 1.29 is 19.4 Å². The minimum Gasteiger partial charge on any atom is -0.506 e. The number of aromatic amines is 1. The molecule has 0 aliphatic carbocycles. The largest absolute Gasteiger partial charge is 0.506 e. The van der Waals surface area contributed by atoms with Crippen LogP contribution in [0.2, 0.25) is 0 Å². The number of methoxy groups -OCH3 is 1. The molecule has 26 heavy (non-hydrogen) atoms. The topological polar surface area (TPSA) is 122 Å². The number of benzene rings is 1. The molecule has 0 spiro atoms. The summed E-state index contributed by atoms with van der Waals surface area (Å²) in [6.45, 7) is 0. The SMILES string of the molecule is COC(=O)C(Sc1sc2c(O)cc(=O)[nH]c2c1C(N)=O)c1ccccc1. The standard InChI is InChI=1S/C17H14N2O5S2/c1-24-16(23)13(8-5-3-2-4-6-8)25-17-11(15(18)22)12-14(26-17)9(20)7-10(21)19-12/h2-7,13H,1H3,(H2,18,22)(H2,19,20,21). The first-order chi connectivity index (χ1) is 12.4. The van der Waals surface area contributed by atoms with Gasteiger partial charge in [0.25, 0.3) is 11.5 Å². The Morgan fingerprint density at radius 3 is 2.62 bits per heavy atom. The summed E-state index contributed by atoms with van der Waals surface area (Å²) in [4.78, 5) is 38.4. The summed E-state index contributed by atoms with van der Waals surface area (Å²) in [5, 5.41) is 9.28. The molecule has 0 fully saturated rings. The van der Waals surface area contributed by atoms with Gasteiger partial charge < -0.3 is 20.6 Å². The van der Waals surface area contributed by atoms with E-state index in [0.29, 0.717) is 14.5 Å². The minimum atomic E-state index is -0.767. The Morgan fingerprint density at radius 2 is 2.00 bits per heavy atom. The zero-order valence-corrected chi connectivity index (χ0v) is 15.1. The average molecular weight is 390 g/mol. The van der Waals surface area contributed by atoms with Gasteiger partial charge in [-0.3, -0.25) is 14.4 Å². The number of fused-ring (bicyclic) bond motifs is 1. The molecule has 0 aliphatic rings. The summed E-state index contributed by atoms with van der Waals surface area (Å²) < 4.78 is 5.60. The summed E-state index contributed by atoms with van der Waals surface area (Å²) in [5.74, 6) is -1.51. The van der Waals surface area contributed by atoms with E-state index in [1.165, 1.54) is 7.11 Å². The third-order valence-corrected chi connectivity index (χ3v) is 6.28. The quantitative estimate of drug-likeness (QED) is 0.454. The highest BCUT2D eigenvalue weighted by Gasteiger charge is 2.28. The van der Waals surface area contributed by atoms with Crippen molar-refractivity contribution in [2.24, 2.45) is 5.73 Å². The van der Waals surface area contributed by atoms with Crippen LogP contribution in [0.4, 0.5) is 0 Å². The van der Waals surface area contributed by atoms with Crippen LogP contribution in [0.15, 0.2) is 45.4 Å². The summed E-state index contributed by atoms with van der Waals surface area (Å²) in [7, 11) is 1.28. The molecule has 0 aliphatic heterocycles. The molecular weight excluding hydrogens is 376 g/mol. The van der Waals surface area contributed by atoms with Gasteiger partial charge in [-0.15, -0.1) is 11.3 Å². The summed E-state index contributed by atoms with van der Waals surface area (Å²) in [6, 6.07) is 9.95. The molecule has 2 aromatic heterocycles. The van der Waals surface area contributed by atoms with E-state index in [1.54, 1.807) is 24.3 Å². The molecule has 9 heteroatoms. The first-order valence-electron chi connectivity index (χ1n) is 7.40. The number of primary amides is 1. The normalized spacial score (nSPS) is 12.0. The van der Waals surface area contributed by atoms with Crippen molar-refractivity contribution in [1.29, 1.82) is 0 Å². The maximum absolute atomic E-state index is 12.3. The number of ether oxygens (including phenoxy) is 1. The molecule has 0 bridgehead atoms. The predicted molar refractivity (Wildman–Crippen MR) is 99.7 cm³/mol. The van der Waals surface area contributed by atoms with E-state index in [9.17, 15) is 19.5 Å². The number of hydrogen-bond acceptors (Lipinski definition) is 7. The minimum absolute atomic E-state index is 0.0628. The van der Waals surface area contributed by atoms with Crippen LogP contribution in [0.5, 0.6) is 5.75 Å². The number of rotatable bonds is 5. The van der Waals surface area contributed by atoms with E-state index in [0.717, 1.165) is 29.2 Å². The maximum atomic E-state index is 12.3. The monoisotopic (exact) mass is 390 g/mol.